The van der Waals surface area contributed by atoms with Crippen molar-refractivity contribution in [2.24, 2.45) is 0 Å². The highest BCUT2D eigenvalue weighted by Crippen LogP contribution is 2.28. The summed E-state index contributed by atoms with van der Waals surface area (Å²) in [4.78, 5) is 11.0. The molecule has 0 fully saturated rings. The second-order valence-corrected chi connectivity index (χ2v) is 5.66. The molecule has 0 saturated carbocycles. The Kier molecular flexibility index (Phi) is 3.18. The summed E-state index contributed by atoms with van der Waals surface area (Å²) >= 11 is 0. The van der Waals surface area contributed by atoms with Gasteiger partial charge in [-0.3, -0.25) is 0 Å². The first-order valence-electron chi connectivity index (χ1n) is 6.20. The van der Waals surface area contributed by atoms with Crippen LogP contribution in [0.25, 0.3) is 5.69 Å². The Balaban J connectivity index is 2.63. The Bertz CT molecular complexity index is 621. The third-order valence-corrected chi connectivity index (χ3v) is 3.05. The molecule has 4 nitrogen and oxygen atoms in total. The summed E-state index contributed by atoms with van der Waals surface area (Å²) in [6.45, 7) is 8.24. The monoisotopic (exact) mass is 258 g/mol. The fraction of sp³-hybridized carbons (Fsp3) is 0.333. The zero-order valence-corrected chi connectivity index (χ0v) is 11.6. The molecule has 2 rings (SSSR count). The zero-order valence-electron chi connectivity index (χ0n) is 11.6. The first-order chi connectivity index (χ1) is 8.80. The van der Waals surface area contributed by atoms with Crippen molar-refractivity contribution in [2.75, 3.05) is 0 Å². The predicted octanol–water partition coefficient (Wildman–Crippen LogP) is 3.18. The van der Waals surface area contributed by atoms with Crippen molar-refractivity contribution in [3.05, 3.63) is 47.3 Å². The molecule has 0 bridgehead atoms. The van der Waals surface area contributed by atoms with E-state index in [-0.39, 0.29) is 11.1 Å². The van der Waals surface area contributed by atoms with Gasteiger partial charge in [-0.25, -0.2) is 9.48 Å². The summed E-state index contributed by atoms with van der Waals surface area (Å²) < 4.78 is 1.70. The van der Waals surface area contributed by atoms with Gasteiger partial charge in [0.25, 0.3) is 0 Å². The van der Waals surface area contributed by atoms with E-state index in [1.54, 1.807) is 10.7 Å². The molecule has 0 aliphatic carbocycles. The van der Waals surface area contributed by atoms with Crippen LogP contribution in [0.15, 0.2) is 30.3 Å². The summed E-state index contributed by atoms with van der Waals surface area (Å²) in [6, 6.07) is 9.53. The molecule has 1 N–H and O–H groups in total. The minimum Gasteiger partial charge on any atom is -0.476 e. The van der Waals surface area contributed by atoms with Gasteiger partial charge in [-0.15, -0.1) is 0 Å². The molecule has 4 heteroatoms. The van der Waals surface area contributed by atoms with Crippen molar-refractivity contribution in [3.63, 3.8) is 0 Å². The Morgan fingerprint density at radius 1 is 1.26 bits per heavy atom. The van der Waals surface area contributed by atoms with Gasteiger partial charge in [0.2, 0.25) is 0 Å². The van der Waals surface area contributed by atoms with Crippen LogP contribution in [0.5, 0.6) is 0 Å². The number of aromatic nitrogens is 2. The average Bonchev–Trinajstić information content (AvgIpc) is 2.70. The fourth-order valence-corrected chi connectivity index (χ4v) is 2.12. The molecule has 0 spiro atoms. The largest absolute Gasteiger partial charge is 0.476 e. The van der Waals surface area contributed by atoms with Crippen LogP contribution in [0.4, 0.5) is 0 Å². The Morgan fingerprint density at radius 2 is 1.89 bits per heavy atom. The summed E-state index contributed by atoms with van der Waals surface area (Å²) in [7, 11) is 0. The molecule has 1 aromatic carbocycles. The van der Waals surface area contributed by atoms with Crippen LogP contribution in [0, 0.1) is 6.92 Å². The average molecular weight is 258 g/mol. The van der Waals surface area contributed by atoms with Crippen LogP contribution in [0.2, 0.25) is 0 Å². The van der Waals surface area contributed by atoms with Crippen LogP contribution in [0.3, 0.4) is 0 Å². The molecule has 100 valence electrons. The normalized spacial score (nSPS) is 11.6. The van der Waals surface area contributed by atoms with Crippen molar-refractivity contribution in [1.82, 2.24) is 9.78 Å². The molecule has 0 aliphatic rings. The van der Waals surface area contributed by atoms with E-state index < -0.39 is 5.97 Å². The number of aryl methyl sites for hydroxylation is 1. The maximum Gasteiger partial charge on any atom is 0.356 e. The highest BCUT2D eigenvalue weighted by Gasteiger charge is 2.20. The Morgan fingerprint density at radius 3 is 2.42 bits per heavy atom. The minimum atomic E-state index is -1.00. The third kappa shape index (κ3) is 2.52. The number of para-hydroxylation sites is 1. The lowest BCUT2D eigenvalue weighted by Gasteiger charge is -2.23. The molecule has 0 radical (unpaired) electrons. The number of aromatic carboxylic acids is 1. The van der Waals surface area contributed by atoms with Crippen molar-refractivity contribution in [2.45, 2.75) is 33.1 Å². The van der Waals surface area contributed by atoms with Gasteiger partial charge in [0, 0.05) is 5.69 Å². The standard InChI is InChI=1S/C15H18N2O2/c1-10-9-12(14(18)19)16-17(10)13-8-6-5-7-11(13)15(2,3)4/h5-9H,1-4H3,(H,18,19). The van der Waals surface area contributed by atoms with Gasteiger partial charge >= 0.3 is 5.97 Å². The summed E-state index contributed by atoms with van der Waals surface area (Å²) in [5.74, 6) is -1.00. The van der Waals surface area contributed by atoms with Crippen LogP contribution in [-0.4, -0.2) is 20.9 Å². The lowest BCUT2D eigenvalue weighted by Crippen LogP contribution is -2.16. The van der Waals surface area contributed by atoms with Gasteiger partial charge in [-0.1, -0.05) is 39.0 Å². The van der Waals surface area contributed by atoms with E-state index in [1.807, 2.05) is 25.1 Å². The number of hydrogen-bond donors (Lipinski definition) is 1. The maximum absolute atomic E-state index is 11.0. The minimum absolute atomic E-state index is 0.0294. The molecular formula is C15H18N2O2. The topological polar surface area (TPSA) is 55.1 Å². The van der Waals surface area contributed by atoms with E-state index in [0.717, 1.165) is 16.9 Å². The lowest BCUT2D eigenvalue weighted by molar-refractivity contribution is 0.0690. The van der Waals surface area contributed by atoms with E-state index in [4.69, 9.17) is 5.11 Å². The first kappa shape index (κ1) is 13.3. The van der Waals surface area contributed by atoms with Gasteiger partial charge in [0.1, 0.15) is 0 Å². The number of benzene rings is 1. The molecule has 0 amide bonds. The van der Waals surface area contributed by atoms with E-state index >= 15 is 0 Å². The quantitative estimate of drug-likeness (QED) is 0.900. The molecule has 0 unspecified atom stereocenters. The number of carbonyl (C=O) groups is 1. The van der Waals surface area contributed by atoms with E-state index in [0.29, 0.717) is 0 Å². The van der Waals surface area contributed by atoms with Crippen LogP contribution in [0.1, 0.15) is 42.5 Å². The second kappa shape index (κ2) is 4.53. The van der Waals surface area contributed by atoms with Gasteiger partial charge in [0.05, 0.1) is 5.69 Å². The van der Waals surface area contributed by atoms with Crippen molar-refractivity contribution in [3.8, 4) is 5.69 Å². The van der Waals surface area contributed by atoms with E-state index in [2.05, 4.69) is 31.9 Å². The third-order valence-electron chi connectivity index (χ3n) is 3.05. The number of carboxylic acids is 1. The summed E-state index contributed by atoms with van der Waals surface area (Å²) in [6.07, 6.45) is 0. The number of nitrogens with zero attached hydrogens (tertiary/aromatic N) is 2. The molecule has 0 saturated heterocycles. The molecule has 19 heavy (non-hydrogen) atoms. The molecule has 1 heterocycles. The maximum atomic E-state index is 11.0. The van der Waals surface area contributed by atoms with E-state index in [9.17, 15) is 4.79 Å². The SMILES string of the molecule is Cc1cc(C(=O)O)nn1-c1ccccc1C(C)(C)C. The van der Waals surface area contributed by atoms with Crippen molar-refractivity contribution >= 4 is 5.97 Å². The van der Waals surface area contributed by atoms with Gasteiger partial charge in [-0.2, -0.15) is 5.10 Å². The fourth-order valence-electron chi connectivity index (χ4n) is 2.12. The van der Waals surface area contributed by atoms with Crippen molar-refractivity contribution < 1.29 is 9.90 Å². The highest BCUT2D eigenvalue weighted by molar-refractivity contribution is 5.85. The van der Waals surface area contributed by atoms with Crippen LogP contribution in [-0.2, 0) is 5.41 Å². The van der Waals surface area contributed by atoms with Gasteiger partial charge < -0.3 is 5.11 Å². The van der Waals surface area contributed by atoms with E-state index in [1.165, 1.54) is 0 Å². The second-order valence-electron chi connectivity index (χ2n) is 5.66. The summed E-state index contributed by atoms with van der Waals surface area (Å²) in [5, 5.41) is 13.2. The van der Waals surface area contributed by atoms with Gasteiger partial charge in [-0.05, 0) is 30.0 Å². The van der Waals surface area contributed by atoms with Crippen molar-refractivity contribution in [1.29, 1.82) is 0 Å². The summed E-state index contributed by atoms with van der Waals surface area (Å²) in [5.41, 5.74) is 2.92. The smallest absolute Gasteiger partial charge is 0.356 e. The highest BCUT2D eigenvalue weighted by atomic mass is 16.4. The molecule has 0 aliphatic heterocycles. The van der Waals surface area contributed by atoms with Crippen LogP contribution >= 0.6 is 0 Å². The zero-order chi connectivity index (χ0) is 14.2. The molecule has 0 atom stereocenters. The number of carboxylic acid groups (broad SMARTS) is 1. The number of rotatable bonds is 2. The van der Waals surface area contributed by atoms with Crippen LogP contribution < -0.4 is 0 Å². The predicted molar refractivity (Wildman–Crippen MR) is 74.0 cm³/mol. The first-order valence-corrected chi connectivity index (χ1v) is 6.20. The lowest BCUT2D eigenvalue weighted by atomic mass is 9.86. The van der Waals surface area contributed by atoms with Gasteiger partial charge in [0.15, 0.2) is 5.69 Å². The number of hydrogen-bond acceptors (Lipinski definition) is 2. The molecular weight excluding hydrogens is 240 g/mol. The Labute approximate surface area is 112 Å². The molecule has 1 aromatic heterocycles. The Hall–Kier alpha value is -2.10. The molecule has 2 aromatic rings.